The molecule has 2 aliphatic heterocycles. The van der Waals surface area contributed by atoms with Gasteiger partial charge in [-0.1, -0.05) is 12.1 Å². The number of nitrogens with zero attached hydrogens (tertiary/aromatic N) is 4. The predicted molar refractivity (Wildman–Crippen MR) is 152 cm³/mol. The van der Waals surface area contributed by atoms with E-state index >= 15 is 0 Å². The minimum atomic E-state index is -0.0848. The van der Waals surface area contributed by atoms with E-state index in [1.807, 2.05) is 47.4 Å². The van der Waals surface area contributed by atoms with Gasteiger partial charge in [0.1, 0.15) is 0 Å². The highest BCUT2D eigenvalue weighted by atomic mass is 16.5. The van der Waals surface area contributed by atoms with Crippen molar-refractivity contribution >= 4 is 34.8 Å². The molecule has 0 aliphatic carbocycles. The van der Waals surface area contributed by atoms with E-state index in [1.54, 1.807) is 13.3 Å². The predicted octanol–water partition coefficient (Wildman–Crippen LogP) is 3.26. The van der Waals surface area contributed by atoms with Gasteiger partial charge in [0, 0.05) is 62.1 Å². The number of nitrogens with one attached hydrogen (secondary N) is 3. The Hall–Kier alpha value is -4.02. The van der Waals surface area contributed by atoms with Crippen molar-refractivity contribution in [2.24, 2.45) is 0 Å². The summed E-state index contributed by atoms with van der Waals surface area (Å²) in [5.41, 5.74) is 4.46. The summed E-state index contributed by atoms with van der Waals surface area (Å²) >= 11 is 0. The minimum absolute atomic E-state index is 0.000843. The Morgan fingerprint density at radius 1 is 1.00 bits per heavy atom. The zero-order valence-corrected chi connectivity index (χ0v) is 22.2. The number of amides is 2. The highest BCUT2D eigenvalue weighted by Gasteiger charge is 2.29. The number of aromatic nitrogens is 2. The van der Waals surface area contributed by atoms with Crippen molar-refractivity contribution in [2.45, 2.75) is 25.3 Å². The lowest BCUT2D eigenvalue weighted by Gasteiger charge is -2.37. The van der Waals surface area contributed by atoms with Crippen molar-refractivity contribution in [3.05, 3.63) is 60.8 Å². The number of carbonyl (C=O) groups is 2. The van der Waals surface area contributed by atoms with Gasteiger partial charge >= 0.3 is 0 Å². The van der Waals surface area contributed by atoms with Crippen LogP contribution in [0.2, 0.25) is 0 Å². The number of ether oxygens (including phenoxy) is 1. The number of carbonyl (C=O) groups excluding carboxylic acids is 2. The molecule has 1 aromatic heterocycles. The monoisotopic (exact) mass is 529 g/mol. The number of methoxy groups -OCH3 is 1. The second kappa shape index (κ2) is 12.7. The van der Waals surface area contributed by atoms with Crippen LogP contribution < -0.4 is 20.9 Å². The summed E-state index contributed by atoms with van der Waals surface area (Å²) in [5, 5.41) is 9.45. The molecule has 3 N–H and O–H groups in total. The Bertz CT molecular complexity index is 1250. The van der Waals surface area contributed by atoms with Crippen molar-refractivity contribution in [3.63, 3.8) is 0 Å². The molecule has 39 heavy (non-hydrogen) atoms. The number of anilines is 4. The van der Waals surface area contributed by atoms with Gasteiger partial charge in [0.05, 0.1) is 24.8 Å². The van der Waals surface area contributed by atoms with Crippen LogP contribution in [0, 0.1) is 0 Å². The molecule has 2 aromatic carbocycles. The van der Waals surface area contributed by atoms with Gasteiger partial charge in [0.15, 0.2) is 0 Å². The summed E-state index contributed by atoms with van der Waals surface area (Å²) in [5.74, 6) is 0.665. The van der Waals surface area contributed by atoms with Crippen LogP contribution in [0.4, 0.5) is 23.0 Å². The Morgan fingerprint density at radius 3 is 2.44 bits per heavy atom. The topological polar surface area (TPSA) is 112 Å². The molecule has 2 amide bonds. The SMILES string of the molecule is COCCC(=O)Nc1ccc(-c2ccnc(Nc3ccc(N4CCN(C(=O)[C@@H]5CCCN5)CC4)cc3)n2)cc1. The van der Waals surface area contributed by atoms with Gasteiger partial charge in [0.25, 0.3) is 0 Å². The van der Waals surface area contributed by atoms with Crippen LogP contribution in [-0.2, 0) is 14.3 Å². The van der Waals surface area contributed by atoms with Crippen LogP contribution in [0.25, 0.3) is 11.3 Å². The van der Waals surface area contributed by atoms with Gasteiger partial charge < -0.3 is 30.5 Å². The first-order valence-corrected chi connectivity index (χ1v) is 13.5. The highest BCUT2D eigenvalue weighted by molar-refractivity contribution is 5.91. The van der Waals surface area contributed by atoms with E-state index in [0.717, 1.165) is 73.9 Å². The Morgan fingerprint density at radius 2 is 1.74 bits per heavy atom. The van der Waals surface area contributed by atoms with Crippen molar-refractivity contribution in [1.29, 1.82) is 0 Å². The van der Waals surface area contributed by atoms with Gasteiger partial charge in [0.2, 0.25) is 17.8 Å². The van der Waals surface area contributed by atoms with Crippen molar-refractivity contribution in [2.75, 3.05) is 62.0 Å². The maximum absolute atomic E-state index is 12.7. The van der Waals surface area contributed by atoms with Gasteiger partial charge in [-0.3, -0.25) is 9.59 Å². The largest absolute Gasteiger partial charge is 0.384 e. The molecule has 2 saturated heterocycles. The average molecular weight is 530 g/mol. The number of rotatable bonds is 9. The maximum atomic E-state index is 12.7. The molecule has 1 atom stereocenters. The second-order valence-corrected chi connectivity index (χ2v) is 9.77. The molecule has 0 spiro atoms. The van der Waals surface area contributed by atoms with Crippen LogP contribution in [-0.4, -0.2) is 79.2 Å². The molecule has 5 rings (SSSR count). The highest BCUT2D eigenvalue weighted by Crippen LogP contribution is 2.24. The standard InChI is InChI=1S/C29H35N7O3/c1-39-20-13-27(37)32-22-6-4-21(5-7-22)25-12-15-31-29(34-25)33-23-8-10-24(11-9-23)35-16-18-36(19-17-35)28(38)26-3-2-14-30-26/h4-12,15,26,30H,2-3,13-14,16-20H2,1H3,(H,32,37)(H,31,33,34)/t26-/m0/s1. The molecule has 3 heterocycles. The lowest BCUT2D eigenvalue weighted by atomic mass is 10.1. The molecule has 0 saturated carbocycles. The zero-order chi connectivity index (χ0) is 27.0. The van der Waals surface area contributed by atoms with Crippen LogP contribution in [0.5, 0.6) is 0 Å². The normalized spacial score (nSPS) is 17.2. The quantitative estimate of drug-likeness (QED) is 0.387. The molecule has 0 unspecified atom stereocenters. The maximum Gasteiger partial charge on any atom is 0.239 e. The van der Waals surface area contributed by atoms with E-state index in [4.69, 9.17) is 4.74 Å². The lowest BCUT2D eigenvalue weighted by molar-refractivity contribution is -0.133. The van der Waals surface area contributed by atoms with Crippen LogP contribution in [0.3, 0.4) is 0 Å². The molecule has 3 aromatic rings. The van der Waals surface area contributed by atoms with E-state index in [1.165, 1.54) is 0 Å². The summed E-state index contributed by atoms with van der Waals surface area (Å²) in [4.78, 5) is 37.9. The fraction of sp³-hybridized carbons (Fsp3) is 0.379. The molecule has 204 valence electrons. The summed E-state index contributed by atoms with van der Waals surface area (Å²) < 4.78 is 4.94. The van der Waals surface area contributed by atoms with E-state index in [2.05, 4.69) is 43.0 Å². The average Bonchev–Trinajstić information content (AvgIpc) is 3.52. The number of hydrogen-bond donors (Lipinski definition) is 3. The molecule has 2 aliphatic rings. The van der Waals surface area contributed by atoms with Gasteiger partial charge in [-0.05, 0) is 61.9 Å². The summed E-state index contributed by atoms with van der Waals surface area (Å²) in [6, 6.07) is 17.6. The molecule has 2 fully saturated rings. The van der Waals surface area contributed by atoms with Crippen LogP contribution >= 0.6 is 0 Å². The molecule has 10 nitrogen and oxygen atoms in total. The summed E-state index contributed by atoms with van der Waals surface area (Å²) in [6.45, 7) is 4.48. The van der Waals surface area contributed by atoms with Crippen LogP contribution in [0.1, 0.15) is 19.3 Å². The Kier molecular flexibility index (Phi) is 8.65. The first-order chi connectivity index (χ1) is 19.1. The third-order valence-corrected chi connectivity index (χ3v) is 7.09. The Balaban J connectivity index is 1.15. The summed E-state index contributed by atoms with van der Waals surface area (Å²) in [6.07, 6.45) is 4.06. The first kappa shape index (κ1) is 26.6. The molecule has 0 radical (unpaired) electrons. The fourth-order valence-corrected chi connectivity index (χ4v) is 4.91. The lowest BCUT2D eigenvalue weighted by Crippen LogP contribution is -2.53. The van der Waals surface area contributed by atoms with E-state index in [0.29, 0.717) is 19.0 Å². The summed E-state index contributed by atoms with van der Waals surface area (Å²) in [7, 11) is 1.57. The van der Waals surface area contributed by atoms with Crippen molar-refractivity contribution in [3.8, 4) is 11.3 Å². The third-order valence-electron chi connectivity index (χ3n) is 7.09. The van der Waals surface area contributed by atoms with Gasteiger partial charge in [-0.25, -0.2) is 9.97 Å². The third kappa shape index (κ3) is 6.90. The van der Waals surface area contributed by atoms with Crippen LogP contribution in [0.15, 0.2) is 60.8 Å². The number of piperazine rings is 1. The van der Waals surface area contributed by atoms with Crippen molar-refractivity contribution < 1.29 is 14.3 Å². The fourth-order valence-electron chi connectivity index (χ4n) is 4.91. The molecular weight excluding hydrogens is 494 g/mol. The molecule has 0 bridgehead atoms. The molecular formula is C29H35N7O3. The van der Waals surface area contributed by atoms with E-state index in [9.17, 15) is 9.59 Å². The smallest absolute Gasteiger partial charge is 0.239 e. The first-order valence-electron chi connectivity index (χ1n) is 13.5. The van der Waals surface area contributed by atoms with Gasteiger partial charge in [-0.15, -0.1) is 0 Å². The second-order valence-electron chi connectivity index (χ2n) is 9.77. The minimum Gasteiger partial charge on any atom is -0.384 e. The van der Waals surface area contributed by atoms with Gasteiger partial charge in [-0.2, -0.15) is 0 Å². The number of hydrogen-bond acceptors (Lipinski definition) is 8. The van der Waals surface area contributed by atoms with E-state index in [-0.39, 0.29) is 17.9 Å². The van der Waals surface area contributed by atoms with Crippen molar-refractivity contribution in [1.82, 2.24) is 20.2 Å². The number of benzene rings is 2. The molecule has 10 heteroatoms. The Labute approximate surface area is 228 Å². The zero-order valence-electron chi connectivity index (χ0n) is 22.2. The van der Waals surface area contributed by atoms with E-state index < -0.39 is 0 Å².